The molecule has 0 radical (unpaired) electrons. The van der Waals surface area contributed by atoms with Gasteiger partial charge in [-0.2, -0.15) is 0 Å². The second-order valence-electron chi connectivity index (χ2n) is 22.9. The summed E-state index contributed by atoms with van der Waals surface area (Å²) in [5.41, 5.74) is 0. The number of aliphatic hydroxyl groups excluding tert-OH is 8. The van der Waals surface area contributed by atoms with Crippen LogP contribution < -0.4 is 5.32 Å². The second kappa shape index (κ2) is 49.8. The Morgan fingerprint density at radius 1 is 0.462 bits per heavy atom. The van der Waals surface area contributed by atoms with Crippen LogP contribution >= 0.6 is 0 Å². The van der Waals surface area contributed by atoms with Crippen LogP contribution in [0.2, 0.25) is 0 Å². The summed E-state index contributed by atoms with van der Waals surface area (Å²) in [6.45, 7) is 2.80. The van der Waals surface area contributed by atoms with Crippen LogP contribution in [0, 0.1) is 0 Å². The lowest BCUT2D eigenvalue weighted by molar-refractivity contribution is -0.359. The van der Waals surface area contributed by atoms with E-state index in [1.165, 1.54) is 199 Å². The lowest BCUT2D eigenvalue weighted by atomic mass is 9.97. The number of rotatable bonds is 52. The van der Waals surface area contributed by atoms with Crippen LogP contribution in [0.4, 0.5) is 0 Å². The van der Waals surface area contributed by atoms with Gasteiger partial charge in [0.15, 0.2) is 12.6 Å². The third-order valence-electron chi connectivity index (χ3n) is 15.8. The minimum Gasteiger partial charge on any atom is -0.394 e. The molecule has 1 amide bonds. The summed E-state index contributed by atoms with van der Waals surface area (Å²) < 4.78 is 22.8. The van der Waals surface area contributed by atoms with Gasteiger partial charge < -0.3 is 65.1 Å². The van der Waals surface area contributed by atoms with Gasteiger partial charge in [-0.05, 0) is 51.4 Å². The smallest absolute Gasteiger partial charge is 0.220 e. The van der Waals surface area contributed by atoms with Crippen molar-refractivity contribution in [1.29, 1.82) is 0 Å². The highest BCUT2D eigenvalue weighted by Crippen LogP contribution is 2.30. The minimum atomic E-state index is -1.79. The molecule has 2 aliphatic rings. The molecule has 2 rings (SSSR count). The average Bonchev–Trinajstić information content (AvgIpc) is 3.47. The highest BCUT2D eigenvalue weighted by molar-refractivity contribution is 5.76. The number of allylic oxidation sites excluding steroid dienone is 5. The van der Waals surface area contributed by atoms with Gasteiger partial charge in [0.1, 0.15) is 48.8 Å². The first-order valence-electron chi connectivity index (χ1n) is 32.2. The third kappa shape index (κ3) is 34.6. The number of hydrogen-bond acceptors (Lipinski definition) is 13. The zero-order valence-corrected chi connectivity index (χ0v) is 49.4. The quantitative estimate of drug-likeness (QED) is 0.0204. The molecule has 12 atom stereocenters. The van der Waals surface area contributed by atoms with E-state index in [9.17, 15) is 45.6 Å². The Bertz CT molecular complexity index is 1450. The molecule has 2 saturated heterocycles. The third-order valence-corrected chi connectivity index (χ3v) is 15.8. The zero-order valence-electron chi connectivity index (χ0n) is 49.4. The van der Waals surface area contributed by atoms with Crippen LogP contribution in [0.15, 0.2) is 36.5 Å². The Morgan fingerprint density at radius 3 is 1.28 bits per heavy atom. The molecule has 0 aromatic heterocycles. The van der Waals surface area contributed by atoms with E-state index in [1.807, 2.05) is 6.08 Å². The topological polar surface area (TPSA) is 228 Å². The fraction of sp³-hybridized carbons (Fsp3) is 0.891. The lowest BCUT2D eigenvalue weighted by Gasteiger charge is -2.46. The Kier molecular flexibility index (Phi) is 46.2. The minimum absolute atomic E-state index is 0.236. The summed E-state index contributed by atoms with van der Waals surface area (Å²) >= 11 is 0. The summed E-state index contributed by atoms with van der Waals surface area (Å²) in [7, 11) is 0. The number of aliphatic hydroxyl groups is 8. The number of unbranched alkanes of at least 4 members (excludes halogenated alkanes) is 35. The lowest BCUT2D eigenvalue weighted by Crippen LogP contribution is -2.65. The average molecular weight is 1110 g/mol. The zero-order chi connectivity index (χ0) is 56.7. The molecule has 2 heterocycles. The van der Waals surface area contributed by atoms with Crippen LogP contribution in [0.25, 0.3) is 0 Å². The molecule has 78 heavy (non-hydrogen) atoms. The van der Waals surface area contributed by atoms with E-state index in [0.29, 0.717) is 6.42 Å². The van der Waals surface area contributed by atoms with Crippen molar-refractivity contribution in [2.24, 2.45) is 0 Å². The monoisotopic (exact) mass is 1110 g/mol. The molecular weight excluding hydrogens is 991 g/mol. The fourth-order valence-electron chi connectivity index (χ4n) is 10.6. The van der Waals surface area contributed by atoms with Crippen LogP contribution in [0.5, 0.6) is 0 Å². The summed E-state index contributed by atoms with van der Waals surface area (Å²) in [4.78, 5) is 13.3. The molecule has 0 aromatic carbocycles. The van der Waals surface area contributed by atoms with Crippen LogP contribution in [0.3, 0.4) is 0 Å². The molecule has 0 aromatic rings. The molecular formula is C64H119NO13. The molecule has 14 heteroatoms. The van der Waals surface area contributed by atoms with Gasteiger partial charge >= 0.3 is 0 Å². The molecule has 12 unspecified atom stereocenters. The number of hydrogen-bond donors (Lipinski definition) is 9. The van der Waals surface area contributed by atoms with E-state index in [0.717, 1.165) is 44.9 Å². The summed E-state index contributed by atoms with van der Waals surface area (Å²) in [5.74, 6) is -0.236. The Balaban J connectivity index is 1.64. The summed E-state index contributed by atoms with van der Waals surface area (Å²) in [6.07, 6.45) is 44.9. The van der Waals surface area contributed by atoms with Crippen molar-refractivity contribution in [1.82, 2.24) is 5.32 Å². The fourth-order valence-corrected chi connectivity index (χ4v) is 10.6. The maximum absolute atomic E-state index is 13.3. The van der Waals surface area contributed by atoms with Gasteiger partial charge in [0, 0.05) is 6.42 Å². The maximum atomic E-state index is 13.3. The second-order valence-corrected chi connectivity index (χ2v) is 22.9. The van der Waals surface area contributed by atoms with Gasteiger partial charge in [-0.15, -0.1) is 0 Å². The highest BCUT2D eigenvalue weighted by atomic mass is 16.7. The number of nitrogens with one attached hydrogen (secondary N) is 1. The molecule has 0 saturated carbocycles. The molecule has 2 fully saturated rings. The summed E-state index contributed by atoms with van der Waals surface area (Å²) in [6, 6.07) is -0.912. The summed E-state index contributed by atoms with van der Waals surface area (Å²) in [5, 5.41) is 87.1. The Morgan fingerprint density at radius 2 is 0.846 bits per heavy atom. The van der Waals surface area contributed by atoms with Crippen LogP contribution in [-0.4, -0.2) is 140 Å². The van der Waals surface area contributed by atoms with Crippen molar-refractivity contribution in [3.63, 3.8) is 0 Å². The van der Waals surface area contributed by atoms with E-state index in [1.54, 1.807) is 6.08 Å². The number of amides is 1. The van der Waals surface area contributed by atoms with Gasteiger partial charge in [0.2, 0.25) is 5.91 Å². The van der Waals surface area contributed by atoms with Crippen molar-refractivity contribution in [2.45, 2.75) is 344 Å². The Labute approximate surface area is 474 Å². The first-order chi connectivity index (χ1) is 38.1. The van der Waals surface area contributed by atoms with Gasteiger partial charge in [-0.1, -0.05) is 249 Å². The van der Waals surface area contributed by atoms with Gasteiger partial charge in [0.05, 0.1) is 32.0 Å². The largest absolute Gasteiger partial charge is 0.394 e. The van der Waals surface area contributed by atoms with Crippen LogP contribution in [-0.2, 0) is 23.7 Å². The van der Waals surface area contributed by atoms with Crippen molar-refractivity contribution in [3.05, 3.63) is 36.5 Å². The van der Waals surface area contributed by atoms with E-state index >= 15 is 0 Å². The molecule has 0 bridgehead atoms. The predicted octanol–water partition coefficient (Wildman–Crippen LogP) is 11.8. The van der Waals surface area contributed by atoms with Crippen LogP contribution in [0.1, 0.15) is 271 Å². The van der Waals surface area contributed by atoms with Gasteiger partial charge in [-0.25, -0.2) is 0 Å². The van der Waals surface area contributed by atoms with Crippen molar-refractivity contribution in [3.8, 4) is 0 Å². The molecule has 0 aliphatic carbocycles. The Hall–Kier alpha value is -1.79. The predicted molar refractivity (Wildman–Crippen MR) is 314 cm³/mol. The van der Waals surface area contributed by atoms with E-state index < -0.39 is 86.8 Å². The normalized spacial score (nSPS) is 24.7. The first-order valence-corrected chi connectivity index (χ1v) is 32.2. The molecule has 14 nitrogen and oxygen atoms in total. The molecule has 2 aliphatic heterocycles. The first kappa shape index (κ1) is 72.3. The van der Waals surface area contributed by atoms with Crippen molar-refractivity contribution < 1.29 is 64.6 Å². The SMILES string of the molecule is CCCCCCC/C=C\C/C=C\CCCCCCCCCCCCCCCCCCCCCC(=O)NC(COC1OC(CO)C(OC2OC(CO)C(O)C(O)C2O)C(O)C1O)C(O)/C=C/CCCCCCCCCCCCC. The number of carbonyl (C=O) groups is 1. The van der Waals surface area contributed by atoms with Gasteiger partial charge in [0.25, 0.3) is 0 Å². The standard InChI is InChI=1S/C64H119NO13/c1-3-5-7-9-11-13-15-17-18-19-20-21-22-23-24-25-26-27-28-29-30-31-32-33-34-36-38-40-42-44-46-48-56(69)65-52(53(68)47-45-43-41-39-37-35-16-14-12-10-8-6-4-2)51-75-63-61(74)59(72)62(55(50-67)77-63)78-64-60(73)58(71)57(70)54(49-66)76-64/h15,17,19-20,45,47,52-55,57-64,66-68,70-74H,3-14,16,18,21-44,46,48-51H2,1-2H3,(H,65,69)/b17-15-,20-19-,47-45+. The number of carbonyl (C=O) groups excluding carboxylic acids is 1. The van der Waals surface area contributed by atoms with E-state index in [-0.39, 0.29) is 18.9 Å². The maximum Gasteiger partial charge on any atom is 0.220 e. The highest BCUT2D eigenvalue weighted by Gasteiger charge is 2.51. The molecule has 9 N–H and O–H groups in total. The van der Waals surface area contributed by atoms with Gasteiger partial charge in [-0.3, -0.25) is 4.79 Å². The van der Waals surface area contributed by atoms with E-state index in [4.69, 9.17) is 18.9 Å². The molecule has 458 valence electrons. The number of ether oxygens (including phenoxy) is 4. The molecule has 0 spiro atoms. The van der Waals surface area contributed by atoms with E-state index in [2.05, 4.69) is 43.5 Å². The van der Waals surface area contributed by atoms with Crippen molar-refractivity contribution in [2.75, 3.05) is 19.8 Å². The van der Waals surface area contributed by atoms with Crippen molar-refractivity contribution >= 4 is 5.91 Å².